The van der Waals surface area contributed by atoms with E-state index in [1.54, 1.807) is 20.8 Å². The summed E-state index contributed by atoms with van der Waals surface area (Å²) in [7, 11) is 1.17. The number of methoxy groups -OCH3 is 1. The van der Waals surface area contributed by atoms with Crippen molar-refractivity contribution >= 4 is 18.2 Å². The number of nitrogens with one attached hydrogen (secondary N) is 2. The molecule has 1 aromatic rings. The molecule has 0 spiro atoms. The first-order chi connectivity index (χ1) is 18.0. The predicted octanol–water partition coefficient (Wildman–Crippen LogP) is 4.25. The summed E-state index contributed by atoms with van der Waals surface area (Å²) in [5.74, 6) is -0.920. The largest absolute Gasteiger partial charge is 0.467 e. The number of alkyl carbamates (subject to hydrolysis) is 2. The van der Waals surface area contributed by atoms with Gasteiger partial charge in [-0.15, -0.1) is 0 Å². The molecule has 2 aliphatic carbocycles. The molecule has 38 heavy (non-hydrogen) atoms. The number of esters is 1. The van der Waals surface area contributed by atoms with E-state index in [1.807, 2.05) is 18.2 Å². The fraction of sp³-hybridized carbons (Fsp3) is 0.552. The Hall–Kier alpha value is -3.33. The van der Waals surface area contributed by atoms with Crippen LogP contribution in [0.3, 0.4) is 0 Å². The number of unbranched alkanes of at least 4 members (excludes halogenated alkanes) is 1. The number of rotatable bonds is 10. The van der Waals surface area contributed by atoms with Gasteiger partial charge in [-0.25, -0.2) is 14.4 Å². The Balaban J connectivity index is 1.56. The van der Waals surface area contributed by atoms with Crippen molar-refractivity contribution in [1.82, 2.24) is 10.6 Å². The van der Waals surface area contributed by atoms with Gasteiger partial charge in [0.2, 0.25) is 0 Å². The van der Waals surface area contributed by atoms with Crippen LogP contribution in [-0.4, -0.2) is 61.3 Å². The van der Waals surface area contributed by atoms with Gasteiger partial charge in [-0.1, -0.05) is 49.4 Å². The van der Waals surface area contributed by atoms with Crippen LogP contribution in [0.25, 0.3) is 0 Å². The molecule has 0 heterocycles. The number of aliphatic hydroxyl groups excluding tert-OH is 1. The maximum atomic E-state index is 12.8. The van der Waals surface area contributed by atoms with E-state index in [0.29, 0.717) is 19.4 Å². The molecular formula is C29H40N2O7. The minimum atomic E-state index is -1.55. The summed E-state index contributed by atoms with van der Waals surface area (Å²) in [4.78, 5) is 36.6. The molecule has 208 valence electrons. The summed E-state index contributed by atoms with van der Waals surface area (Å²) in [5.41, 5.74) is 2.86. The van der Waals surface area contributed by atoms with Crippen molar-refractivity contribution in [2.75, 3.05) is 20.3 Å². The Morgan fingerprint density at radius 3 is 2.61 bits per heavy atom. The Bertz CT molecular complexity index is 1070. The van der Waals surface area contributed by atoms with E-state index in [9.17, 15) is 19.5 Å². The lowest BCUT2D eigenvalue weighted by Gasteiger charge is -2.30. The molecule has 9 heteroatoms. The number of hydrogen-bond donors (Lipinski definition) is 3. The summed E-state index contributed by atoms with van der Waals surface area (Å²) >= 11 is 0. The number of ether oxygens (including phenoxy) is 3. The molecule has 0 bridgehead atoms. The van der Waals surface area contributed by atoms with Crippen molar-refractivity contribution in [2.24, 2.45) is 0 Å². The second-order valence-corrected chi connectivity index (χ2v) is 11.0. The first-order valence-corrected chi connectivity index (χ1v) is 13.1. The molecule has 4 atom stereocenters. The van der Waals surface area contributed by atoms with Crippen LogP contribution in [0, 0.1) is 0 Å². The Kier molecular flexibility index (Phi) is 9.60. The standard InChI is InChI=1S/C29H40N2O7/c1-28(2,3)38-26(34)30-17-11-9-15-23(24(32)25(33)36-5)31-27(35)37-18-20-19-12-6-7-13-21(19)29(4)16-10-8-14-22(20)29/h6-8,10,12-14,20,23-24,32H,9,11,15-18H2,1-5H3,(H,30,34)(H,31,35). The zero-order valence-corrected chi connectivity index (χ0v) is 22.9. The third-order valence-corrected chi connectivity index (χ3v) is 7.00. The minimum absolute atomic E-state index is 0.0743. The molecule has 0 aliphatic heterocycles. The van der Waals surface area contributed by atoms with Gasteiger partial charge in [-0.2, -0.15) is 0 Å². The zero-order chi connectivity index (χ0) is 27.9. The van der Waals surface area contributed by atoms with Crippen LogP contribution in [-0.2, 0) is 24.4 Å². The fourth-order valence-corrected chi connectivity index (χ4v) is 5.13. The highest BCUT2D eigenvalue weighted by Crippen LogP contribution is 2.53. The first-order valence-electron chi connectivity index (χ1n) is 13.1. The van der Waals surface area contributed by atoms with Crippen molar-refractivity contribution < 1.29 is 33.7 Å². The van der Waals surface area contributed by atoms with Gasteiger partial charge in [0.05, 0.1) is 13.2 Å². The SMILES string of the molecule is COC(=O)C(O)C(CCCCNC(=O)OC(C)(C)C)NC(=O)OCC1C2=CC=CCC2(C)c2ccccc21. The maximum Gasteiger partial charge on any atom is 0.407 e. The highest BCUT2D eigenvalue weighted by molar-refractivity contribution is 5.77. The van der Waals surface area contributed by atoms with Gasteiger partial charge in [0.25, 0.3) is 0 Å². The molecule has 3 N–H and O–H groups in total. The highest BCUT2D eigenvalue weighted by atomic mass is 16.6. The molecule has 2 aliphatic rings. The van der Waals surface area contributed by atoms with E-state index in [1.165, 1.54) is 18.2 Å². The van der Waals surface area contributed by atoms with Crippen LogP contribution in [0.5, 0.6) is 0 Å². The fourth-order valence-electron chi connectivity index (χ4n) is 5.13. The van der Waals surface area contributed by atoms with E-state index in [4.69, 9.17) is 9.47 Å². The molecule has 2 amide bonds. The van der Waals surface area contributed by atoms with E-state index in [-0.39, 0.29) is 24.4 Å². The third kappa shape index (κ3) is 7.16. The van der Waals surface area contributed by atoms with Crippen LogP contribution >= 0.6 is 0 Å². The number of fused-ring (bicyclic) bond motifs is 3. The van der Waals surface area contributed by atoms with E-state index >= 15 is 0 Å². The monoisotopic (exact) mass is 528 g/mol. The van der Waals surface area contributed by atoms with Gasteiger partial charge in [-0.3, -0.25) is 0 Å². The number of aliphatic hydroxyl groups is 1. The summed E-state index contributed by atoms with van der Waals surface area (Å²) < 4.78 is 15.5. The minimum Gasteiger partial charge on any atom is -0.467 e. The predicted molar refractivity (Wildman–Crippen MR) is 143 cm³/mol. The van der Waals surface area contributed by atoms with Crippen molar-refractivity contribution in [2.45, 2.75) is 82.5 Å². The number of carbonyl (C=O) groups excluding carboxylic acids is 3. The molecule has 0 radical (unpaired) electrons. The number of benzene rings is 1. The van der Waals surface area contributed by atoms with Crippen LogP contribution in [0.15, 0.2) is 48.1 Å². The Morgan fingerprint density at radius 2 is 1.89 bits per heavy atom. The van der Waals surface area contributed by atoms with Crippen LogP contribution in [0.2, 0.25) is 0 Å². The van der Waals surface area contributed by atoms with Crippen LogP contribution < -0.4 is 10.6 Å². The average molecular weight is 529 g/mol. The molecule has 0 saturated carbocycles. The van der Waals surface area contributed by atoms with Gasteiger partial charge in [-0.05, 0) is 63.2 Å². The Labute approximate surface area is 224 Å². The van der Waals surface area contributed by atoms with Crippen molar-refractivity contribution in [3.8, 4) is 0 Å². The molecule has 1 aromatic carbocycles. The summed E-state index contributed by atoms with van der Waals surface area (Å²) in [6.45, 7) is 8.04. The number of amides is 2. The molecule has 9 nitrogen and oxygen atoms in total. The first kappa shape index (κ1) is 29.2. The maximum absolute atomic E-state index is 12.8. The van der Waals surface area contributed by atoms with Gasteiger partial charge in [0.1, 0.15) is 12.2 Å². The summed E-state index contributed by atoms with van der Waals surface area (Å²) in [5, 5.41) is 15.7. The lowest BCUT2D eigenvalue weighted by Crippen LogP contribution is -2.47. The van der Waals surface area contributed by atoms with Gasteiger partial charge in [0, 0.05) is 17.9 Å². The highest BCUT2D eigenvalue weighted by Gasteiger charge is 2.45. The molecular weight excluding hydrogens is 488 g/mol. The number of carbonyl (C=O) groups is 3. The third-order valence-electron chi connectivity index (χ3n) is 7.00. The average Bonchev–Trinajstić information content (AvgIpc) is 3.12. The molecule has 4 unspecified atom stereocenters. The van der Waals surface area contributed by atoms with Crippen LogP contribution in [0.4, 0.5) is 9.59 Å². The van der Waals surface area contributed by atoms with Crippen molar-refractivity contribution in [1.29, 1.82) is 0 Å². The van der Waals surface area contributed by atoms with Crippen molar-refractivity contribution in [3.63, 3.8) is 0 Å². The summed E-state index contributed by atoms with van der Waals surface area (Å²) in [6.07, 6.45) is 5.74. The van der Waals surface area contributed by atoms with Crippen molar-refractivity contribution in [3.05, 3.63) is 59.2 Å². The lowest BCUT2D eigenvalue weighted by molar-refractivity contribution is -0.152. The molecule has 0 fully saturated rings. The van der Waals surface area contributed by atoms with E-state index in [0.717, 1.165) is 12.0 Å². The van der Waals surface area contributed by atoms with Gasteiger partial charge >= 0.3 is 18.2 Å². The van der Waals surface area contributed by atoms with Crippen LogP contribution in [0.1, 0.15) is 70.4 Å². The normalized spacial score (nSPS) is 21.3. The zero-order valence-electron chi connectivity index (χ0n) is 22.9. The molecule has 0 saturated heterocycles. The lowest BCUT2D eigenvalue weighted by atomic mass is 9.74. The van der Waals surface area contributed by atoms with E-state index in [2.05, 4.69) is 46.6 Å². The number of allylic oxidation sites excluding steroid dienone is 3. The molecule has 3 rings (SSSR count). The van der Waals surface area contributed by atoms with Gasteiger partial charge < -0.3 is 30.0 Å². The summed E-state index contributed by atoms with van der Waals surface area (Å²) in [6, 6.07) is 7.30. The topological polar surface area (TPSA) is 123 Å². The quantitative estimate of drug-likeness (QED) is 0.236. The Morgan fingerprint density at radius 1 is 1.16 bits per heavy atom. The molecule has 0 aromatic heterocycles. The smallest absolute Gasteiger partial charge is 0.407 e. The second-order valence-electron chi connectivity index (χ2n) is 11.0. The van der Waals surface area contributed by atoms with E-state index < -0.39 is 35.9 Å². The second kappa shape index (κ2) is 12.5. The number of hydrogen-bond acceptors (Lipinski definition) is 7. The van der Waals surface area contributed by atoms with Gasteiger partial charge in [0.15, 0.2) is 6.10 Å².